The Labute approximate surface area is 62.7 Å². The number of hydrogen-bond donors (Lipinski definition) is 0. The van der Waals surface area contributed by atoms with Crippen LogP contribution in [0.5, 0.6) is 0 Å². The molecule has 0 radical (unpaired) electrons. The molecular weight excluding hydrogens is 184 g/mol. The standard InChI is InChI=1S/C6H9BrO2/c7-6(3-8)5-1-2-9-4-5/h3,5-6H,1-2,4H2. The van der Waals surface area contributed by atoms with Gasteiger partial charge in [0.05, 0.1) is 11.4 Å². The Morgan fingerprint density at radius 2 is 2.56 bits per heavy atom. The summed E-state index contributed by atoms with van der Waals surface area (Å²) in [7, 11) is 0. The van der Waals surface area contributed by atoms with E-state index < -0.39 is 0 Å². The van der Waals surface area contributed by atoms with Crippen molar-refractivity contribution in [3.8, 4) is 0 Å². The zero-order chi connectivity index (χ0) is 6.69. The first kappa shape index (κ1) is 7.22. The lowest BCUT2D eigenvalue weighted by atomic mass is 10.1. The molecule has 0 spiro atoms. The SMILES string of the molecule is O=CC(Br)C1CCOC1. The molecule has 3 heteroatoms. The van der Waals surface area contributed by atoms with Crippen LogP contribution in [-0.2, 0) is 9.53 Å². The minimum absolute atomic E-state index is 0.000000000000000444. The van der Waals surface area contributed by atoms with Gasteiger partial charge in [0.2, 0.25) is 0 Å². The lowest BCUT2D eigenvalue weighted by molar-refractivity contribution is -0.108. The van der Waals surface area contributed by atoms with Gasteiger partial charge in [-0.25, -0.2) is 0 Å². The van der Waals surface area contributed by atoms with E-state index >= 15 is 0 Å². The van der Waals surface area contributed by atoms with Gasteiger partial charge in [-0.3, -0.25) is 0 Å². The molecule has 1 heterocycles. The lowest BCUT2D eigenvalue weighted by Crippen LogP contribution is -2.15. The lowest BCUT2D eigenvalue weighted by Gasteiger charge is -2.06. The molecule has 0 saturated carbocycles. The van der Waals surface area contributed by atoms with Crippen LogP contribution in [0.15, 0.2) is 0 Å². The van der Waals surface area contributed by atoms with E-state index in [0.717, 1.165) is 25.9 Å². The molecule has 1 fully saturated rings. The van der Waals surface area contributed by atoms with E-state index in [-0.39, 0.29) is 4.83 Å². The summed E-state index contributed by atoms with van der Waals surface area (Å²) in [5.74, 6) is 0.405. The highest BCUT2D eigenvalue weighted by atomic mass is 79.9. The quantitative estimate of drug-likeness (QED) is 0.482. The fourth-order valence-electron chi connectivity index (χ4n) is 0.915. The van der Waals surface area contributed by atoms with Crippen molar-refractivity contribution in [2.24, 2.45) is 5.92 Å². The zero-order valence-corrected chi connectivity index (χ0v) is 6.63. The Bertz CT molecular complexity index is 99.2. The smallest absolute Gasteiger partial charge is 0.133 e. The number of alkyl halides is 1. The van der Waals surface area contributed by atoms with E-state index in [9.17, 15) is 4.79 Å². The van der Waals surface area contributed by atoms with Crippen LogP contribution in [0.2, 0.25) is 0 Å². The van der Waals surface area contributed by atoms with Crippen LogP contribution in [0.3, 0.4) is 0 Å². The van der Waals surface area contributed by atoms with Crippen LogP contribution >= 0.6 is 15.9 Å². The Morgan fingerprint density at radius 1 is 1.78 bits per heavy atom. The summed E-state index contributed by atoms with van der Waals surface area (Å²) in [6.07, 6.45) is 1.94. The van der Waals surface area contributed by atoms with Gasteiger partial charge in [-0.2, -0.15) is 0 Å². The summed E-state index contributed by atoms with van der Waals surface area (Å²) < 4.78 is 5.09. The van der Waals surface area contributed by atoms with Crippen LogP contribution in [0.4, 0.5) is 0 Å². The van der Waals surface area contributed by atoms with Gasteiger partial charge >= 0.3 is 0 Å². The van der Waals surface area contributed by atoms with Crippen LogP contribution in [0.1, 0.15) is 6.42 Å². The molecule has 9 heavy (non-hydrogen) atoms. The van der Waals surface area contributed by atoms with Crippen LogP contribution in [0, 0.1) is 5.92 Å². The third-order valence-corrected chi connectivity index (χ3v) is 2.51. The molecule has 0 N–H and O–H groups in total. The summed E-state index contributed by atoms with van der Waals surface area (Å²) in [5, 5.41) is 0. The average Bonchev–Trinajstić information content (AvgIpc) is 2.37. The Balaban J connectivity index is 2.32. The molecule has 0 aliphatic carbocycles. The highest BCUT2D eigenvalue weighted by Crippen LogP contribution is 2.20. The number of carbonyl (C=O) groups is 1. The molecule has 0 bridgehead atoms. The molecule has 0 aromatic heterocycles. The topological polar surface area (TPSA) is 26.3 Å². The number of aldehydes is 1. The van der Waals surface area contributed by atoms with Crippen LogP contribution < -0.4 is 0 Å². The highest BCUT2D eigenvalue weighted by Gasteiger charge is 2.22. The zero-order valence-electron chi connectivity index (χ0n) is 5.05. The van der Waals surface area contributed by atoms with Crippen molar-refractivity contribution in [2.45, 2.75) is 11.2 Å². The third kappa shape index (κ3) is 1.76. The fourth-order valence-corrected chi connectivity index (χ4v) is 1.33. The van der Waals surface area contributed by atoms with Gasteiger partial charge in [-0.1, -0.05) is 15.9 Å². The Kier molecular flexibility index (Phi) is 2.66. The number of hydrogen-bond acceptors (Lipinski definition) is 2. The predicted molar refractivity (Wildman–Crippen MR) is 37.7 cm³/mol. The molecule has 0 amide bonds. The Hall–Kier alpha value is 0.110. The number of ether oxygens (including phenoxy) is 1. The van der Waals surface area contributed by atoms with Gasteiger partial charge in [0.1, 0.15) is 6.29 Å². The molecule has 52 valence electrons. The van der Waals surface area contributed by atoms with Crippen LogP contribution in [0.25, 0.3) is 0 Å². The van der Waals surface area contributed by atoms with E-state index in [1.807, 2.05) is 0 Å². The largest absolute Gasteiger partial charge is 0.381 e. The number of halogens is 1. The van der Waals surface area contributed by atoms with Gasteiger partial charge in [-0.05, 0) is 6.42 Å². The van der Waals surface area contributed by atoms with Gasteiger partial charge in [0.15, 0.2) is 0 Å². The van der Waals surface area contributed by atoms with Crippen molar-refractivity contribution in [3.63, 3.8) is 0 Å². The number of rotatable bonds is 2. The highest BCUT2D eigenvalue weighted by molar-refractivity contribution is 9.10. The van der Waals surface area contributed by atoms with E-state index in [0.29, 0.717) is 5.92 Å². The van der Waals surface area contributed by atoms with Gasteiger partial charge in [0, 0.05) is 12.5 Å². The molecule has 1 aliphatic rings. The maximum absolute atomic E-state index is 10.2. The molecule has 1 saturated heterocycles. The summed E-state index contributed by atoms with van der Waals surface area (Å²) in [4.78, 5) is 10.2. The molecule has 1 rings (SSSR count). The van der Waals surface area contributed by atoms with Gasteiger partial charge in [0.25, 0.3) is 0 Å². The predicted octanol–water partition coefficient (Wildman–Crippen LogP) is 0.985. The second-order valence-corrected chi connectivity index (χ2v) is 3.26. The van der Waals surface area contributed by atoms with Gasteiger partial charge in [-0.15, -0.1) is 0 Å². The molecule has 0 aromatic rings. The molecule has 1 aliphatic heterocycles. The van der Waals surface area contributed by atoms with E-state index in [2.05, 4.69) is 15.9 Å². The summed E-state index contributed by atoms with van der Waals surface area (Å²) in [6, 6.07) is 0. The normalized spacial score (nSPS) is 30.1. The molecular formula is C6H9BrO2. The third-order valence-electron chi connectivity index (χ3n) is 1.55. The maximum atomic E-state index is 10.2. The summed E-state index contributed by atoms with van der Waals surface area (Å²) in [6.45, 7) is 1.54. The molecule has 0 aromatic carbocycles. The second-order valence-electron chi connectivity index (χ2n) is 2.20. The van der Waals surface area contributed by atoms with Crippen molar-refractivity contribution < 1.29 is 9.53 Å². The fraction of sp³-hybridized carbons (Fsp3) is 0.833. The van der Waals surface area contributed by atoms with Crippen molar-refractivity contribution in [1.82, 2.24) is 0 Å². The van der Waals surface area contributed by atoms with E-state index in [4.69, 9.17) is 4.74 Å². The monoisotopic (exact) mass is 192 g/mol. The minimum atomic E-state index is -0.000000000000000444. The molecule has 2 nitrogen and oxygen atoms in total. The summed E-state index contributed by atoms with van der Waals surface area (Å²) >= 11 is 3.26. The van der Waals surface area contributed by atoms with Gasteiger partial charge < -0.3 is 9.53 Å². The number of carbonyl (C=O) groups excluding carboxylic acids is 1. The van der Waals surface area contributed by atoms with Crippen molar-refractivity contribution >= 4 is 22.2 Å². The first-order valence-corrected chi connectivity index (χ1v) is 3.93. The Morgan fingerprint density at radius 3 is 3.00 bits per heavy atom. The van der Waals surface area contributed by atoms with Crippen molar-refractivity contribution in [1.29, 1.82) is 0 Å². The van der Waals surface area contributed by atoms with Crippen LogP contribution in [-0.4, -0.2) is 24.3 Å². The van der Waals surface area contributed by atoms with E-state index in [1.165, 1.54) is 0 Å². The average molecular weight is 193 g/mol. The second kappa shape index (κ2) is 3.32. The molecule has 2 atom stereocenters. The first-order chi connectivity index (χ1) is 4.34. The maximum Gasteiger partial charge on any atom is 0.133 e. The summed E-state index contributed by atoms with van der Waals surface area (Å²) in [5.41, 5.74) is 0. The van der Waals surface area contributed by atoms with E-state index in [1.54, 1.807) is 0 Å². The first-order valence-electron chi connectivity index (χ1n) is 3.01. The van der Waals surface area contributed by atoms with Crippen molar-refractivity contribution in [3.05, 3.63) is 0 Å². The minimum Gasteiger partial charge on any atom is -0.381 e. The van der Waals surface area contributed by atoms with Crippen molar-refractivity contribution in [2.75, 3.05) is 13.2 Å². The molecule has 2 unspecified atom stereocenters.